The third kappa shape index (κ3) is 4.48. The smallest absolute Gasteiger partial charge is 0.339 e. The zero-order valence-electron chi connectivity index (χ0n) is 18.1. The van der Waals surface area contributed by atoms with E-state index in [2.05, 4.69) is 15.9 Å². The Bertz CT molecular complexity index is 1350. The third-order valence-corrected chi connectivity index (χ3v) is 5.98. The Morgan fingerprint density at radius 1 is 0.875 bits per heavy atom. The van der Waals surface area contributed by atoms with E-state index in [1.807, 2.05) is 75.4 Å². The first kappa shape index (κ1) is 21.9. The molecule has 1 aromatic heterocycles. The van der Waals surface area contributed by atoms with Gasteiger partial charge in [0.05, 0.1) is 16.8 Å². The van der Waals surface area contributed by atoms with Crippen molar-refractivity contribution in [1.82, 2.24) is 4.98 Å². The summed E-state index contributed by atoms with van der Waals surface area (Å²) in [6.07, 6.45) is 0. The topological polar surface area (TPSA) is 56.3 Å². The molecule has 0 radical (unpaired) electrons. The van der Waals surface area contributed by atoms with Gasteiger partial charge >= 0.3 is 5.97 Å². The maximum absolute atomic E-state index is 13.1. The molecule has 4 rings (SSSR count). The van der Waals surface area contributed by atoms with Gasteiger partial charge in [0.1, 0.15) is 0 Å². The van der Waals surface area contributed by atoms with Crippen LogP contribution in [-0.2, 0) is 4.74 Å². The van der Waals surface area contributed by atoms with Gasteiger partial charge in [0, 0.05) is 21.0 Å². The van der Waals surface area contributed by atoms with Crippen molar-refractivity contribution in [2.45, 2.75) is 20.8 Å². The summed E-state index contributed by atoms with van der Waals surface area (Å²) in [6.45, 7) is 5.57. The summed E-state index contributed by atoms with van der Waals surface area (Å²) in [5.74, 6) is -0.787. The molecular weight excluding hydrogens is 466 g/mol. The molecule has 3 aromatic carbocycles. The summed E-state index contributed by atoms with van der Waals surface area (Å²) in [6, 6.07) is 20.7. The standard InChI is InChI=1S/C27H22BrNO3/c1-16-9-10-20(11-17(16)2)25(30)15-32-27(31)23-14-24(19-7-5-4-6-8-19)29-26-18(3)12-21(28)13-22(23)26/h4-14H,15H2,1-3H3. The summed E-state index contributed by atoms with van der Waals surface area (Å²) in [4.78, 5) is 30.5. The zero-order valence-corrected chi connectivity index (χ0v) is 19.7. The fourth-order valence-corrected chi connectivity index (χ4v) is 4.16. The number of fused-ring (bicyclic) bond motifs is 1. The maximum Gasteiger partial charge on any atom is 0.339 e. The van der Waals surface area contributed by atoms with Gasteiger partial charge in [0.2, 0.25) is 0 Å². The summed E-state index contributed by atoms with van der Waals surface area (Å²) in [7, 11) is 0. The molecule has 0 aliphatic rings. The van der Waals surface area contributed by atoms with Crippen LogP contribution in [0.4, 0.5) is 0 Å². The van der Waals surface area contributed by atoms with Crippen molar-refractivity contribution in [3.63, 3.8) is 0 Å². The number of rotatable bonds is 5. The second kappa shape index (κ2) is 9.05. The summed E-state index contributed by atoms with van der Waals surface area (Å²) in [5, 5.41) is 0.681. The summed E-state index contributed by atoms with van der Waals surface area (Å²) < 4.78 is 6.31. The Kier molecular flexibility index (Phi) is 6.19. The van der Waals surface area contributed by atoms with Crippen LogP contribution in [0.15, 0.2) is 71.2 Å². The maximum atomic E-state index is 13.1. The van der Waals surface area contributed by atoms with Gasteiger partial charge in [-0.25, -0.2) is 9.78 Å². The Morgan fingerprint density at radius 2 is 1.62 bits per heavy atom. The highest BCUT2D eigenvalue weighted by atomic mass is 79.9. The van der Waals surface area contributed by atoms with E-state index in [1.165, 1.54) is 0 Å². The number of hydrogen-bond donors (Lipinski definition) is 0. The van der Waals surface area contributed by atoms with Crippen LogP contribution in [0.5, 0.6) is 0 Å². The molecule has 0 spiro atoms. The number of carbonyl (C=O) groups is 2. The molecule has 0 amide bonds. The van der Waals surface area contributed by atoms with E-state index in [1.54, 1.807) is 12.1 Å². The van der Waals surface area contributed by atoms with Crippen LogP contribution in [0, 0.1) is 20.8 Å². The van der Waals surface area contributed by atoms with Crippen molar-refractivity contribution >= 4 is 38.6 Å². The van der Waals surface area contributed by atoms with Crippen molar-refractivity contribution < 1.29 is 14.3 Å². The van der Waals surface area contributed by atoms with Crippen molar-refractivity contribution in [3.05, 3.63) is 99.0 Å². The van der Waals surface area contributed by atoms with Crippen molar-refractivity contribution in [1.29, 1.82) is 0 Å². The average Bonchev–Trinajstić information content (AvgIpc) is 2.79. The fraction of sp³-hybridized carbons (Fsp3) is 0.148. The number of benzene rings is 3. The van der Waals surface area contributed by atoms with Crippen LogP contribution in [0.2, 0.25) is 0 Å². The first-order chi connectivity index (χ1) is 15.3. The fourth-order valence-electron chi connectivity index (χ4n) is 3.59. The largest absolute Gasteiger partial charge is 0.454 e. The van der Waals surface area contributed by atoms with Gasteiger partial charge in [0.15, 0.2) is 12.4 Å². The van der Waals surface area contributed by atoms with E-state index in [0.29, 0.717) is 22.2 Å². The number of pyridine rings is 1. The molecule has 0 saturated carbocycles. The first-order valence-corrected chi connectivity index (χ1v) is 11.1. The third-order valence-electron chi connectivity index (χ3n) is 5.52. The Morgan fingerprint density at radius 3 is 2.34 bits per heavy atom. The van der Waals surface area contributed by atoms with Crippen LogP contribution in [0.1, 0.15) is 37.4 Å². The predicted molar refractivity (Wildman–Crippen MR) is 130 cm³/mol. The van der Waals surface area contributed by atoms with E-state index in [-0.39, 0.29) is 12.4 Å². The zero-order chi connectivity index (χ0) is 22.8. The lowest BCUT2D eigenvalue weighted by Crippen LogP contribution is -2.15. The number of halogens is 1. The normalized spacial score (nSPS) is 10.9. The van der Waals surface area contributed by atoms with Crippen LogP contribution in [-0.4, -0.2) is 23.3 Å². The van der Waals surface area contributed by atoms with Gasteiger partial charge in [0.25, 0.3) is 0 Å². The Balaban J connectivity index is 1.69. The van der Waals surface area contributed by atoms with E-state index >= 15 is 0 Å². The van der Waals surface area contributed by atoms with Gasteiger partial charge in [-0.15, -0.1) is 0 Å². The summed E-state index contributed by atoms with van der Waals surface area (Å²) >= 11 is 3.50. The van der Waals surface area contributed by atoms with Crippen LogP contribution in [0.3, 0.4) is 0 Å². The molecule has 4 nitrogen and oxygen atoms in total. The molecule has 4 aromatic rings. The first-order valence-electron chi connectivity index (χ1n) is 10.3. The molecule has 160 valence electrons. The number of carbonyl (C=O) groups excluding carboxylic acids is 2. The van der Waals surface area contributed by atoms with Crippen molar-refractivity contribution in [3.8, 4) is 11.3 Å². The molecule has 0 aliphatic heterocycles. The van der Waals surface area contributed by atoms with Crippen LogP contribution >= 0.6 is 15.9 Å². The van der Waals surface area contributed by atoms with Crippen LogP contribution < -0.4 is 0 Å². The lowest BCUT2D eigenvalue weighted by molar-refractivity contribution is 0.0476. The number of hydrogen-bond acceptors (Lipinski definition) is 4. The van der Waals surface area contributed by atoms with E-state index in [9.17, 15) is 9.59 Å². The number of Topliss-reactive ketones (excluding diaryl/α,β-unsaturated/α-hetero) is 1. The highest BCUT2D eigenvalue weighted by Crippen LogP contribution is 2.30. The Labute approximate surface area is 195 Å². The SMILES string of the molecule is Cc1ccc(C(=O)COC(=O)c2cc(-c3ccccc3)nc3c(C)cc(Br)cc23)cc1C. The lowest BCUT2D eigenvalue weighted by atomic mass is 10.0. The van der Waals surface area contributed by atoms with Crippen LogP contribution in [0.25, 0.3) is 22.2 Å². The minimum atomic E-state index is -0.552. The number of ether oxygens (including phenoxy) is 1. The molecule has 0 N–H and O–H groups in total. The summed E-state index contributed by atoms with van der Waals surface area (Å²) in [5.41, 5.74) is 6.28. The van der Waals surface area contributed by atoms with Gasteiger partial charge in [-0.1, -0.05) is 58.4 Å². The number of ketones is 1. The van der Waals surface area contributed by atoms with Gasteiger partial charge in [-0.2, -0.15) is 0 Å². The minimum absolute atomic E-state index is 0.236. The quantitative estimate of drug-likeness (QED) is 0.234. The van der Waals surface area contributed by atoms with Gasteiger partial charge < -0.3 is 4.74 Å². The minimum Gasteiger partial charge on any atom is -0.454 e. The highest BCUT2D eigenvalue weighted by molar-refractivity contribution is 9.10. The van der Waals surface area contributed by atoms with E-state index < -0.39 is 5.97 Å². The van der Waals surface area contributed by atoms with Gasteiger partial charge in [-0.05, 0) is 61.7 Å². The molecule has 0 atom stereocenters. The molecular formula is C27H22BrNO3. The highest BCUT2D eigenvalue weighted by Gasteiger charge is 2.19. The average molecular weight is 488 g/mol. The van der Waals surface area contributed by atoms with Crippen molar-refractivity contribution in [2.75, 3.05) is 6.61 Å². The number of nitrogens with zero attached hydrogens (tertiary/aromatic N) is 1. The van der Waals surface area contributed by atoms with E-state index in [4.69, 9.17) is 9.72 Å². The molecule has 0 fully saturated rings. The van der Waals surface area contributed by atoms with E-state index in [0.717, 1.165) is 32.2 Å². The molecule has 32 heavy (non-hydrogen) atoms. The monoisotopic (exact) mass is 487 g/mol. The molecule has 0 bridgehead atoms. The number of aromatic nitrogens is 1. The molecule has 0 aliphatic carbocycles. The predicted octanol–water partition coefficient (Wildman–Crippen LogP) is 6.63. The molecule has 0 unspecified atom stereocenters. The lowest BCUT2D eigenvalue weighted by Gasteiger charge is -2.12. The second-order valence-electron chi connectivity index (χ2n) is 7.84. The molecule has 0 saturated heterocycles. The Hall–Kier alpha value is -3.31. The number of aryl methyl sites for hydroxylation is 3. The van der Waals surface area contributed by atoms with Gasteiger partial charge in [-0.3, -0.25) is 4.79 Å². The number of esters is 1. The van der Waals surface area contributed by atoms with Crippen molar-refractivity contribution in [2.24, 2.45) is 0 Å². The molecule has 5 heteroatoms. The second-order valence-corrected chi connectivity index (χ2v) is 8.75. The molecule has 1 heterocycles.